The summed E-state index contributed by atoms with van der Waals surface area (Å²) < 4.78 is 38.6. The van der Waals surface area contributed by atoms with Crippen LogP contribution in [-0.2, 0) is 16.6 Å². The second-order valence-corrected chi connectivity index (χ2v) is 8.39. The van der Waals surface area contributed by atoms with Crippen LogP contribution in [0.15, 0.2) is 28.5 Å². The molecule has 0 atom stereocenters. The Kier molecular flexibility index (Phi) is 4.12. The third-order valence-electron chi connectivity index (χ3n) is 3.43. The van der Waals surface area contributed by atoms with E-state index >= 15 is 0 Å². The molecule has 1 aromatic heterocycles. The Hall–Kier alpha value is -1.57. The molecule has 118 valence electrons. The first-order valence-electron chi connectivity index (χ1n) is 6.91. The smallest absolute Gasteiger partial charge is 0.250 e. The van der Waals surface area contributed by atoms with E-state index in [-0.39, 0.29) is 6.54 Å². The maximum atomic E-state index is 12.3. The van der Waals surface area contributed by atoms with Crippen LogP contribution in [0, 0.1) is 13.8 Å². The minimum Gasteiger partial charge on any atom is -0.486 e. The monoisotopic (exact) mass is 339 g/mol. The van der Waals surface area contributed by atoms with Crippen molar-refractivity contribution in [2.24, 2.45) is 0 Å². The standard InChI is InChI=1S/C15H17NO4S2/c1-10-7-13-14(20-6-5-19-13)8-12(10)9-16-22(17,18)15-4-3-11(2)21-15/h3-4,7-8,16H,5-6,9H2,1-2H3. The summed E-state index contributed by atoms with van der Waals surface area (Å²) in [6.07, 6.45) is 0. The molecule has 2 aromatic rings. The summed E-state index contributed by atoms with van der Waals surface area (Å²) in [4.78, 5) is 0.968. The van der Waals surface area contributed by atoms with E-state index < -0.39 is 10.0 Å². The number of fused-ring (bicyclic) bond motifs is 1. The van der Waals surface area contributed by atoms with Gasteiger partial charge in [-0.2, -0.15) is 0 Å². The van der Waals surface area contributed by atoms with Gasteiger partial charge in [-0.05, 0) is 49.2 Å². The van der Waals surface area contributed by atoms with Gasteiger partial charge in [-0.3, -0.25) is 0 Å². The van der Waals surface area contributed by atoms with Crippen LogP contribution in [0.25, 0.3) is 0 Å². The van der Waals surface area contributed by atoms with Crippen LogP contribution in [0.3, 0.4) is 0 Å². The Morgan fingerprint density at radius 2 is 1.82 bits per heavy atom. The van der Waals surface area contributed by atoms with Crippen molar-refractivity contribution in [1.82, 2.24) is 4.72 Å². The van der Waals surface area contributed by atoms with E-state index in [1.54, 1.807) is 12.1 Å². The first kappa shape index (κ1) is 15.3. The third kappa shape index (κ3) is 3.11. The van der Waals surface area contributed by atoms with Gasteiger partial charge in [-0.1, -0.05) is 0 Å². The average molecular weight is 339 g/mol. The van der Waals surface area contributed by atoms with Gasteiger partial charge >= 0.3 is 0 Å². The molecule has 7 heteroatoms. The van der Waals surface area contributed by atoms with Gasteiger partial charge in [-0.25, -0.2) is 13.1 Å². The number of hydrogen-bond donors (Lipinski definition) is 1. The molecule has 0 bridgehead atoms. The van der Waals surface area contributed by atoms with E-state index in [1.165, 1.54) is 11.3 Å². The molecule has 2 heterocycles. The van der Waals surface area contributed by atoms with Crippen LogP contribution >= 0.6 is 11.3 Å². The quantitative estimate of drug-likeness (QED) is 0.930. The first-order valence-corrected chi connectivity index (χ1v) is 9.21. The number of benzene rings is 1. The second kappa shape index (κ2) is 5.91. The fourth-order valence-electron chi connectivity index (χ4n) is 2.22. The second-order valence-electron chi connectivity index (χ2n) is 5.11. The highest BCUT2D eigenvalue weighted by molar-refractivity contribution is 7.91. The molecule has 1 aliphatic rings. The minimum atomic E-state index is -3.48. The van der Waals surface area contributed by atoms with Crippen molar-refractivity contribution < 1.29 is 17.9 Å². The fourth-order valence-corrected chi connectivity index (χ4v) is 4.56. The van der Waals surface area contributed by atoms with Gasteiger partial charge in [0.25, 0.3) is 0 Å². The van der Waals surface area contributed by atoms with Crippen LogP contribution in [0.1, 0.15) is 16.0 Å². The Morgan fingerprint density at radius 1 is 1.14 bits per heavy atom. The molecule has 0 saturated carbocycles. The number of sulfonamides is 1. The van der Waals surface area contributed by atoms with Crippen molar-refractivity contribution in [3.63, 3.8) is 0 Å². The lowest BCUT2D eigenvalue weighted by molar-refractivity contribution is 0.171. The normalized spacial score (nSPS) is 14.1. The summed E-state index contributed by atoms with van der Waals surface area (Å²) >= 11 is 1.26. The average Bonchev–Trinajstić information content (AvgIpc) is 2.92. The van der Waals surface area contributed by atoms with Gasteiger partial charge < -0.3 is 9.47 Å². The molecule has 0 unspecified atom stereocenters. The van der Waals surface area contributed by atoms with E-state index in [1.807, 2.05) is 26.0 Å². The molecule has 1 aliphatic heterocycles. The maximum Gasteiger partial charge on any atom is 0.250 e. The molecule has 22 heavy (non-hydrogen) atoms. The van der Waals surface area contributed by atoms with Gasteiger partial charge in [0, 0.05) is 11.4 Å². The van der Waals surface area contributed by atoms with Crippen LogP contribution < -0.4 is 14.2 Å². The van der Waals surface area contributed by atoms with Crippen molar-refractivity contribution in [2.75, 3.05) is 13.2 Å². The summed E-state index contributed by atoms with van der Waals surface area (Å²) in [6, 6.07) is 7.15. The molecule has 0 fully saturated rings. The Balaban J connectivity index is 1.79. The molecule has 0 amide bonds. The fraction of sp³-hybridized carbons (Fsp3) is 0.333. The highest BCUT2D eigenvalue weighted by Crippen LogP contribution is 2.33. The van der Waals surface area contributed by atoms with Crippen LogP contribution in [0.2, 0.25) is 0 Å². The zero-order chi connectivity index (χ0) is 15.7. The zero-order valence-electron chi connectivity index (χ0n) is 12.4. The SMILES string of the molecule is Cc1ccc(S(=O)(=O)NCc2cc3c(cc2C)OCCO3)s1. The molecule has 0 radical (unpaired) electrons. The number of thiophene rings is 1. The molecule has 0 saturated heterocycles. The van der Waals surface area contributed by atoms with Gasteiger partial charge in [0.1, 0.15) is 17.4 Å². The topological polar surface area (TPSA) is 64.6 Å². The van der Waals surface area contributed by atoms with E-state index in [4.69, 9.17) is 9.47 Å². The largest absolute Gasteiger partial charge is 0.486 e. The lowest BCUT2D eigenvalue weighted by atomic mass is 10.1. The lowest BCUT2D eigenvalue weighted by Gasteiger charge is -2.20. The number of aryl methyl sites for hydroxylation is 2. The Morgan fingerprint density at radius 3 is 2.45 bits per heavy atom. The van der Waals surface area contributed by atoms with Gasteiger partial charge in [0.15, 0.2) is 11.5 Å². The van der Waals surface area contributed by atoms with E-state index in [9.17, 15) is 8.42 Å². The van der Waals surface area contributed by atoms with Crippen LogP contribution in [0.5, 0.6) is 11.5 Å². The molecule has 3 rings (SSSR count). The predicted molar refractivity (Wildman–Crippen MR) is 85.3 cm³/mol. The van der Waals surface area contributed by atoms with Crippen molar-refractivity contribution >= 4 is 21.4 Å². The summed E-state index contributed by atoms with van der Waals surface area (Å²) in [6.45, 7) is 5.08. The van der Waals surface area contributed by atoms with Gasteiger partial charge in [0.05, 0.1) is 0 Å². The Bertz CT molecular complexity index is 796. The van der Waals surface area contributed by atoms with E-state index in [2.05, 4.69) is 4.72 Å². The van der Waals surface area contributed by atoms with Crippen LogP contribution in [-0.4, -0.2) is 21.6 Å². The summed E-state index contributed by atoms with van der Waals surface area (Å²) in [5.74, 6) is 1.38. The van der Waals surface area contributed by atoms with Crippen molar-refractivity contribution in [3.8, 4) is 11.5 Å². The molecular formula is C15H17NO4S2. The third-order valence-corrected chi connectivity index (χ3v) is 6.33. The number of ether oxygens (including phenoxy) is 2. The van der Waals surface area contributed by atoms with Crippen molar-refractivity contribution in [2.45, 2.75) is 24.6 Å². The van der Waals surface area contributed by atoms with Crippen LogP contribution in [0.4, 0.5) is 0 Å². The lowest BCUT2D eigenvalue weighted by Crippen LogP contribution is -2.23. The molecular weight excluding hydrogens is 322 g/mol. The number of hydrogen-bond acceptors (Lipinski definition) is 5. The molecule has 1 N–H and O–H groups in total. The van der Waals surface area contributed by atoms with Gasteiger partial charge in [-0.15, -0.1) is 11.3 Å². The maximum absolute atomic E-state index is 12.3. The highest BCUT2D eigenvalue weighted by atomic mass is 32.2. The number of rotatable bonds is 4. The summed E-state index contributed by atoms with van der Waals surface area (Å²) in [5, 5.41) is 0. The zero-order valence-corrected chi connectivity index (χ0v) is 14.0. The first-order chi connectivity index (χ1) is 10.5. The highest BCUT2D eigenvalue weighted by Gasteiger charge is 2.18. The molecule has 0 spiro atoms. The predicted octanol–water partition coefficient (Wildman–Crippen LogP) is 2.61. The van der Waals surface area contributed by atoms with Crippen molar-refractivity contribution in [1.29, 1.82) is 0 Å². The van der Waals surface area contributed by atoms with Crippen molar-refractivity contribution in [3.05, 3.63) is 40.3 Å². The Labute approximate surface area is 133 Å². The molecule has 0 aliphatic carbocycles. The molecule has 1 aromatic carbocycles. The van der Waals surface area contributed by atoms with E-state index in [0.29, 0.717) is 28.9 Å². The van der Waals surface area contributed by atoms with E-state index in [0.717, 1.165) is 16.0 Å². The molecule has 5 nitrogen and oxygen atoms in total. The number of nitrogens with one attached hydrogen (secondary N) is 1. The minimum absolute atomic E-state index is 0.224. The summed E-state index contributed by atoms with van der Waals surface area (Å²) in [5.41, 5.74) is 1.84. The van der Waals surface area contributed by atoms with Gasteiger partial charge in [0.2, 0.25) is 10.0 Å². The summed E-state index contributed by atoms with van der Waals surface area (Å²) in [7, 11) is -3.48.